The maximum Gasteiger partial charge on any atom is 0.153 e. The number of rotatable bonds is 5. The molecule has 6 heterocycles. The Morgan fingerprint density at radius 3 is 2.46 bits per heavy atom. The summed E-state index contributed by atoms with van der Waals surface area (Å²) in [6.45, 7) is 7.36. The van der Waals surface area contributed by atoms with E-state index in [1.54, 1.807) is 0 Å². The van der Waals surface area contributed by atoms with Crippen molar-refractivity contribution in [1.29, 1.82) is 0 Å². The van der Waals surface area contributed by atoms with Crippen LogP contribution >= 0.6 is 0 Å². The molecule has 0 aliphatic carbocycles. The Labute approximate surface area is 240 Å². The van der Waals surface area contributed by atoms with Gasteiger partial charge in [-0.15, -0.1) is 0 Å². The molecule has 7 rings (SSSR count). The fraction of sp³-hybridized carbons (Fsp3) is 0.406. The maximum absolute atomic E-state index is 12.1. The number of anilines is 1. The number of benzene rings is 1. The molecule has 8 nitrogen and oxygen atoms in total. The third-order valence-electron chi connectivity index (χ3n) is 8.90. The molecule has 1 atom stereocenters. The van der Waals surface area contributed by atoms with Gasteiger partial charge in [0, 0.05) is 54.7 Å². The minimum absolute atomic E-state index is 0.0510. The molecule has 2 saturated heterocycles. The fourth-order valence-electron chi connectivity index (χ4n) is 6.77. The average molecular weight is 570 g/mol. The Balaban J connectivity index is 1.47. The molecule has 0 saturated carbocycles. The molecule has 0 N–H and O–H groups in total. The van der Waals surface area contributed by atoms with Crippen LogP contribution in [0.3, 0.4) is 0 Å². The van der Waals surface area contributed by atoms with Crippen molar-refractivity contribution in [3.05, 3.63) is 71.4 Å². The zero-order valence-electron chi connectivity index (χ0n) is 23.6. The van der Waals surface area contributed by atoms with E-state index in [9.17, 15) is 8.42 Å². The van der Waals surface area contributed by atoms with Crippen LogP contribution in [0.4, 0.5) is 5.82 Å². The van der Waals surface area contributed by atoms with Crippen molar-refractivity contribution in [2.24, 2.45) is 10.9 Å². The molecule has 212 valence electrons. The van der Waals surface area contributed by atoms with Crippen LogP contribution < -0.4 is 4.90 Å². The van der Waals surface area contributed by atoms with Crippen LogP contribution in [0.1, 0.15) is 43.9 Å². The molecule has 41 heavy (non-hydrogen) atoms. The molecule has 1 unspecified atom stereocenters. The number of hydrogen-bond acceptors (Lipinski definition) is 7. The van der Waals surface area contributed by atoms with Gasteiger partial charge in [0.2, 0.25) is 0 Å². The molecule has 3 aliphatic rings. The monoisotopic (exact) mass is 569 g/mol. The summed E-state index contributed by atoms with van der Waals surface area (Å²) in [5.41, 5.74) is 8.70. The predicted molar refractivity (Wildman–Crippen MR) is 165 cm³/mol. The normalized spacial score (nSPS) is 20.6. The van der Waals surface area contributed by atoms with E-state index >= 15 is 0 Å². The Morgan fingerprint density at radius 1 is 1.00 bits per heavy atom. The molecule has 3 aliphatic heterocycles. The maximum atomic E-state index is 12.1. The molecule has 3 aromatic heterocycles. The standard InChI is InChI=1S/C32H35N5O3S/c1-21-19-33-22(2)29(21)25-18-27-30(34-20-25)26-8-9-28(36-12-16-41(38,39)17-13-36)35-32(26)37(27)31(23-6-4-3-5-7-23)24-10-14-40-15-11-24/h3-9,18,20,24,31H,10-17,19H2,1-2H3. The first-order chi connectivity index (χ1) is 19.9. The van der Waals surface area contributed by atoms with Gasteiger partial charge in [-0.2, -0.15) is 0 Å². The second-order valence-electron chi connectivity index (χ2n) is 11.5. The summed E-state index contributed by atoms with van der Waals surface area (Å²) in [5, 5.41) is 1.01. The second-order valence-corrected chi connectivity index (χ2v) is 13.8. The Morgan fingerprint density at radius 2 is 1.76 bits per heavy atom. The van der Waals surface area contributed by atoms with Crippen LogP contribution in [0.5, 0.6) is 0 Å². The SMILES string of the molecule is CC1=NCC(C)=C1c1cnc2c3ccc(N4CCS(=O)(=O)CC4)nc3n(C(c3ccccc3)C3CCOCC3)c2c1. The Kier molecular flexibility index (Phi) is 6.66. The molecular formula is C32H35N5O3S. The van der Waals surface area contributed by atoms with E-state index in [0.717, 1.165) is 71.8 Å². The van der Waals surface area contributed by atoms with Crippen LogP contribution in [0.15, 0.2) is 65.3 Å². The van der Waals surface area contributed by atoms with E-state index in [1.807, 2.05) is 12.3 Å². The van der Waals surface area contributed by atoms with E-state index in [-0.39, 0.29) is 17.5 Å². The zero-order chi connectivity index (χ0) is 28.1. The summed E-state index contributed by atoms with van der Waals surface area (Å²) >= 11 is 0. The van der Waals surface area contributed by atoms with E-state index < -0.39 is 9.84 Å². The highest BCUT2D eigenvalue weighted by Gasteiger charge is 2.32. The number of aliphatic imine (C=N–C) groups is 1. The topological polar surface area (TPSA) is 89.7 Å². The average Bonchev–Trinajstić information content (AvgIpc) is 3.49. The first-order valence-electron chi connectivity index (χ1n) is 14.5. The first-order valence-corrected chi connectivity index (χ1v) is 16.3. The highest BCUT2D eigenvalue weighted by atomic mass is 32.2. The van der Waals surface area contributed by atoms with Gasteiger partial charge in [-0.3, -0.25) is 9.98 Å². The van der Waals surface area contributed by atoms with E-state index in [4.69, 9.17) is 14.7 Å². The van der Waals surface area contributed by atoms with Crippen LogP contribution in [0.2, 0.25) is 0 Å². The van der Waals surface area contributed by atoms with Gasteiger partial charge in [0.05, 0.1) is 35.1 Å². The zero-order valence-corrected chi connectivity index (χ0v) is 24.4. The molecule has 2 fully saturated rings. The molecule has 0 radical (unpaired) electrons. The van der Waals surface area contributed by atoms with Gasteiger partial charge in [-0.1, -0.05) is 30.3 Å². The number of fused-ring (bicyclic) bond motifs is 3. The number of pyridine rings is 2. The molecule has 4 aromatic rings. The predicted octanol–water partition coefficient (Wildman–Crippen LogP) is 5.08. The van der Waals surface area contributed by atoms with Crippen LogP contribution in [0, 0.1) is 5.92 Å². The lowest BCUT2D eigenvalue weighted by Gasteiger charge is -2.33. The van der Waals surface area contributed by atoms with E-state index in [0.29, 0.717) is 19.0 Å². The largest absolute Gasteiger partial charge is 0.381 e. The van der Waals surface area contributed by atoms with Gasteiger partial charge in [0.15, 0.2) is 9.84 Å². The molecule has 0 bridgehead atoms. The van der Waals surface area contributed by atoms with Gasteiger partial charge >= 0.3 is 0 Å². The number of allylic oxidation sites excluding steroid dienone is 1. The molecular weight excluding hydrogens is 534 g/mol. The van der Waals surface area contributed by atoms with Gasteiger partial charge in [0.1, 0.15) is 11.5 Å². The summed E-state index contributed by atoms with van der Waals surface area (Å²) in [6, 6.07) is 17.2. The van der Waals surface area contributed by atoms with Crippen LogP contribution in [-0.4, -0.2) is 73.0 Å². The summed E-state index contributed by atoms with van der Waals surface area (Å²) in [4.78, 5) is 17.1. The van der Waals surface area contributed by atoms with Crippen molar-refractivity contribution in [3.8, 4) is 0 Å². The molecule has 1 aromatic carbocycles. The lowest BCUT2D eigenvalue weighted by atomic mass is 9.86. The minimum atomic E-state index is -2.99. The Bertz CT molecular complexity index is 1790. The lowest BCUT2D eigenvalue weighted by molar-refractivity contribution is 0.0552. The number of ether oxygens (including phenoxy) is 1. The van der Waals surface area contributed by atoms with Crippen molar-refractivity contribution in [2.45, 2.75) is 32.7 Å². The highest BCUT2D eigenvalue weighted by Crippen LogP contribution is 2.41. The van der Waals surface area contributed by atoms with Gasteiger partial charge < -0.3 is 14.2 Å². The summed E-state index contributed by atoms with van der Waals surface area (Å²) < 4.78 is 32.5. The molecule has 0 spiro atoms. The van der Waals surface area contributed by atoms with Gasteiger partial charge in [0.25, 0.3) is 0 Å². The third kappa shape index (κ3) is 4.75. The summed E-state index contributed by atoms with van der Waals surface area (Å²) in [6.07, 6.45) is 3.91. The molecule has 0 amide bonds. The minimum Gasteiger partial charge on any atom is -0.381 e. The lowest BCUT2D eigenvalue weighted by Crippen LogP contribution is -2.40. The number of hydrogen-bond donors (Lipinski definition) is 0. The highest BCUT2D eigenvalue weighted by molar-refractivity contribution is 7.91. The van der Waals surface area contributed by atoms with Crippen molar-refractivity contribution in [3.63, 3.8) is 0 Å². The van der Waals surface area contributed by atoms with Crippen molar-refractivity contribution >= 4 is 49.0 Å². The second kappa shape index (κ2) is 10.4. The summed E-state index contributed by atoms with van der Waals surface area (Å²) in [7, 11) is -2.99. The van der Waals surface area contributed by atoms with Crippen molar-refractivity contribution in [1.82, 2.24) is 14.5 Å². The summed E-state index contributed by atoms with van der Waals surface area (Å²) in [5.74, 6) is 1.50. The van der Waals surface area contributed by atoms with Crippen molar-refractivity contribution < 1.29 is 13.2 Å². The Hall–Kier alpha value is -3.56. The van der Waals surface area contributed by atoms with E-state index in [1.165, 1.54) is 16.7 Å². The van der Waals surface area contributed by atoms with E-state index in [2.05, 4.69) is 70.8 Å². The van der Waals surface area contributed by atoms with Gasteiger partial charge in [-0.05, 0) is 61.9 Å². The van der Waals surface area contributed by atoms with Crippen LogP contribution in [-0.2, 0) is 14.6 Å². The third-order valence-corrected chi connectivity index (χ3v) is 10.5. The number of nitrogens with zero attached hydrogens (tertiary/aromatic N) is 5. The van der Waals surface area contributed by atoms with Crippen LogP contribution in [0.25, 0.3) is 27.6 Å². The first kappa shape index (κ1) is 26.3. The molecule has 9 heteroatoms. The van der Waals surface area contributed by atoms with Gasteiger partial charge in [-0.25, -0.2) is 13.4 Å². The van der Waals surface area contributed by atoms with Crippen molar-refractivity contribution in [2.75, 3.05) is 49.3 Å². The fourth-order valence-corrected chi connectivity index (χ4v) is 7.98. The quantitative estimate of drug-likeness (QED) is 0.333. The smallest absolute Gasteiger partial charge is 0.153 e. The number of aromatic nitrogens is 3. The number of sulfone groups is 1.